The van der Waals surface area contributed by atoms with E-state index in [1.165, 1.54) is 0 Å². The SMILES string of the molecule is O=[N+]([O-])C(Br)=C(c1ccccc1)N1CCOCC1. The van der Waals surface area contributed by atoms with Gasteiger partial charge in [-0.15, -0.1) is 0 Å². The van der Waals surface area contributed by atoms with Crippen molar-refractivity contribution in [3.05, 3.63) is 50.6 Å². The second kappa shape index (κ2) is 5.97. The van der Waals surface area contributed by atoms with E-state index < -0.39 is 4.92 Å². The lowest BCUT2D eigenvalue weighted by Gasteiger charge is -2.30. The van der Waals surface area contributed by atoms with Crippen molar-refractivity contribution in [1.29, 1.82) is 0 Å². The molecule has 0 unspecified atom stereocenters. The van der Waals surface area contributed by atoms with Crippen LogP contribution < -0.4 is 0 Å². The molecule has 0 radical (unpaired) electrons. The normalized spacial score (nSPS) is 17.3. The number of nitro groups is 1. The highest BCUT2D eigenvalue weighted by molar-refractivity contribution is 9.11. The molecule has 0 saturated carbocycles. The fourth-order valence-corrected chi connectivity index (χ4v) is 2.38. The molecule has 1 aromatic carbocycles. The zero-order chi connectivity index (χ0) is 13.0. The summed E-state index contributed by atoms with van der Waals surface area (Å²) in [6.07, 6.45) is 0. The van der Waals surface area contributed by atoms with E-state index in [9.17, 15) is 10.1 Å². The van der Waals surface area contributed by atoms with Gasteiger partial charge in [-0.2, -0.15) is 0 Å². The van der Waals surface area contributed by atoms with Gasteiger partial charge in [0.2, 0.25) is 0 Å². The standard InChI is InChI=1S/C12H13BrN2O3/c13-12(15(16)17)11(10-4-2-1-3-5-10)14-6-8-18-9-7-14/h1-5H,6-9H2. The Balaban J connectivity index is 2.41. The summed E-state index contributed by atoms with van der Waals surface area (Å²) in [6.45, 7) is 2.50. The average molecular weight is 313 g/mol. The number of hydrogen-bond donors (Lipinski definition) is 0. The van der Waals surface area contributed by atoms with Crippen molar-refractivity contribution < 1.29 is 9.66 Å². The number of ether oxygens (including phenoxy) is 1. The zero-order valence-corrected chi connectivity index (χ0v) is 11.3. The lowest BCUT2D eigenvalue weighted by Crippen LogP contribution is -2.35. The zero-order valence-electron chi connectivity index (χ0n) is 9.71. The third kappa shape index (κ3) is 2.88. The highest BCUT2D eigenvalue weighted by Gasteiger charge is 2.24. The number of morpholine rings is 1. The number of benzene rings is 1. The third-order valence-electron chi connectivity index (χ3n) is 2.73. The monoisotopic (exact) mass is 312 g/mol. The van der Waals surface area contributed by atoms with Gasteiger partial charge in [-0.05, 0) is 0 Å². The van der Waals surface area contributed by atoms with Crippen LogP contribution in [-0.2, 0) is 4.74 Å². The Morgan fingerprint density at radius 3 is 2.44 bits per heavy atom. The van der Waals surface area contributed by atoms with Crippen molar-refractivity contribution in [1.82, 2.24) is 4.90 Å². The van der Waals surface area contributed by atoms with Gasteiger partial charge >= 0.3 is 4.61 Å². The number of hydrogen-bond acceptors (Lipinski definition) is 4. The summed E-state index contributed by atoms with van der Waals surface area (Å²) < 4.78 is 5.27. The Hall–Kier alpha value is -1.40. The van der Waals surface area contributed by atoms with Crippen molar-refractivity contribution in [2.45, 2.75) is 0 Å². The molecule has 18 heavy (non-hydrogen) atoms. The van der Waals surface area contributed by atoms with Gasteiger partial charge < -0.3 is 9.64 Å². The highest BCUT2D eigenvalue weighted by atomic mass is 79.9. The third-order valence-corrected chi connectivity index (χ3v) is 3.40. The first-order valence-corrected chi connectivity index (χ1v) is 6.41. The van der Waals surface area contributed by atoms with Crippen LogP contribution in [0.3, 0.4) is 0 Å². The largest absolute Gasteiger partial charge is 0.378 e. The quantitative estimate of drug-likeness (QED) is 0.488. The van der Waals surface area contributed by atoms with Gasteiger partial charge in [0.1, 0.15) is 5.70 Å². The Kier molecular flexibility index (Phi) is 4.33. The lowest BCUT2D eigenvalue weighted by atomic mass is 10.1. The van der Waals surface area contributed by atoms with Crippen molar-refractivity contribution in [3.8, 4) is 0 Å². The van der Waals surface area contributed by atoms with Crippen molar-refractivity contribution in [2.24, 2.45) is 0 Å². The molecule has 1 aromatic rings. The van der Waals surface area contributed by atoms with E-state index in [0.717, 1.165) is 5.56 Å². The van der Waals surface area contributed by atoms with Crippen molar-refractivity contribution in [3.63, 3.8) is 0 Å². The summed E-state index contributed by atoms with van der Waals surface area (Å²) >= 11 is 3.08. The second-order valence-electron chi connectivity index (χ2n) is 3.86. The summed E-state index contributed by atoms with van der Waals surface area (Å²) in [4.78, 5) is 12.6. The van der Waals surface area contributed by atoms with Gasteiger partial charge in [-0.3, -0.25) is 10.1 Å². The first-order chi connectivity index (χ1) is 8.70. The van der Waals surface area contributed by atoms with Crippen LogP contribution >= 0.6 is 15.9 Å². The van der Waals surface area contributed by atoms with Gasteiger partial charge in [0, 0.05) is 34.6 Å². The molecule has 1 heterocycles. The fourth-order valence-electron chi connectivity index (χ4n) is 1.90. The molecule has 1 fully saturated rings. The minimum Gasteiger partial charge on any atom is -0.378 e. The summed E-state index contributed by atoms with van der Waals surface area (Å²) in [5.74, 6) is 0. The maximum atomic E-state index is 11.0. The van der Waals surface area contributed by atoms with Crippen LogP contribution in [0.1, 0.15) is 5.56 Å². The summed E-state index contributed by atoms with van der Waals surface area (Å²) in [5, 5.41) is 11.0. The van der Waals surface area contributed by atoms with Gasteiger partial charge in [0.25, 0.3) is 0 Å². The average Bonchev–Trinajstić information content (AvgIpc) is 2.41. The van der Waals surface area contributed by atoms with Crippen LogP contribution in [-0.4, -0.2) is 36.1 Å². The molecule has 0 aromatic heterocycles. The maximum absolute atomic E-state index is 11.0. The molecule has 96 valence electrons. The van der Waals surface area contributed by atoms with Crippen molar-refractivity contribution in [2.75, 3.05) is 26.3 Å². The molecule has 1 aliphatic heterocycles. The van der Waals surface area contributed by atoms with Crippen LogP contribution in [0.2, 0.25) is 0 Å². The number of nitrogens with zero attached hydrogens (tertiary/aromatic N) is 2. The fraction of sp³-hybridized carbons (Fsp3) is 0.333. The summed E-state index contributed by atoms with van der Waals surface area (Å²) in [5.41, 5.74) is 1.45. The van der Waals surface area contributed by atoms with E-state index in [-0.39, 0.29) is 4.61 Å². The molecule has 0 aliphatic carbocycles. The van der Waals surface area contributed by atoms with E-state index in [2.05, 4.69) is 15.9 Å². The number of rotatable bonds is 3. The molecule has 0 N–H and O–H groups in total. The minimum atomic E-state index is -0.405. The predicted molar refractivity (Wildman–Crippen MR) is 71.7 cm³/mol. The molecule has 0 bridgehead atoms. The van der Waals surface area contributed by atoms with Crippen LogP contribution in [0.4, 0.5) is 0 Å². The smallest absolute Gasteiger partial charge is 0.334 e. The molecular weight excluding hydrogens is 300 g/mol. The van der Waals surface area contributed by atoms with E-state index in [1.54, 1.807) is 0 Å². The first kappa shape index (κ1) is 13.0. The van der Waals surface area contributed by atoms with E-state index in [4.69, 9.17) is 4.74 Å². The van der Waals surface area contributed by atoms with Crippen molar-refractivity contribution >= 4 is 21.6 Å². The number of halogens is 1. The molecule has 1 aliphatic rings. The Morgan fingerprint density at radius 1 is 1.28 bits per heavy atom. The van der Waals surface area contributed by atoms with Crippen LogP contribution in [0.25, 0.3) is 5.70 Å². The molecule has 0 spiro atoms. The molecule has 1 saturated heterocycles. The van der Waals surface area contributed by atoms with E-state index in [0.29, 0.717) is 32.0 Å². The molecule has 5 nitrogen and oxygen atoms in total. The van der Waals surface area contributed by atoms with E-state index in [1.807, 2.05) is 35.2 Å². The minimum absolute atomic E-state index is 0.00407. The first-order valence-electron chi connectivity index (χ1n) is 5.62. The van der Waals surface area contributed by atoms with Gasteiger partial charge in [-0.25, -0.2) is 0 Å². The Labute approximate surface area is 113 Å². The van der Waals surface area contributed by atoms with Gasteiger partial charge in [0.15, 0.2) is 0 Å². The summed E-state index contributed by atoms with van der Waals surface area (Å²) in [6, 6.07) is 9.37. The van der Waals surface area contributed by atoms with Crippen LogP contribution in [0, 0.1) is 10.1 Å². The van der Waals surface area contributed by atoms with Crippen LogP contribution in [0.5, 0.6) is 0 Å². The maximum Gasteiger partial charge on any atom is 0.334 e. The highest BCUT2D eigenvalue weighted by Crippen LogP contribution is 2.27. The lowest BCUT2D eigenvalue weighted by molar-refractivity contribution is -0.408. The molecule has 0 atom stereocenters. The van der Waals surface area contributed by atoms with E-state index >= 15 is 0 Å². The Morgan fingerprint density at radius 2 is 1.89 bits per heavy atom. The second-order valence-corrected chi connectivity index (χ2v) is 4.61. The van der Waals surface area contributed by atoms with Gasteiger partial charge in [-0.1, -0.05) is 30.3 Å². The Bertz CT molecular complexity index is 456. The van der Waals surface area contributed by atoms with Crippen LogP contribution in [0.15, 0.2) is 34.9 Å². The molecule has 0 amide bonds. The van der Waals surface area contributed by atoms with Gasteiger partial charge in [0.05, 0.1) is 18.1 Å². The molecule has 6 heteroatoms. The topological polar surface area (TPSA) is 55.6 Å². The molecule has 2 rings (SSSR count). The molecular formula is C12H13BrN2O3. The summed E-state index contributed by atoms with van der Waals surface area (Å²) in [7, 11) is 0. The predicted octanol–water partition coefficient (Wildman–Crippen LogP) is 2.32.